The number of alkyl halides is 1. The largest absolute Gasteiger partial charge is 0.493 e. The van der Waals surface area contributed by atoms with Gasteiger partial charge in [0.05, 0.1) is 6.61 Å². The van der Waals surface area contributed by atoms with Crippen molar-refractivity contribution in [2.75, 3.05) is 31.6 Å². The van der Waals surface area contributed by atoms with Gasteiger partial charge in [-0.2, -0.15) is 0 Å². The Morgan fingerprint density at radius 3 is 3.11 bits per heavy atom. The third-order valence-electron chi connectivity index (χ3n) is 4.16. The molecular formula is C15H20BrNO. The Morgan fingerprint density at radius 1 is 1.33 bits per heavy atom. The highest BCUT2D eigenvalue weighted by Crippen LogP contribution is 2.35. The maximum atomic E-state index is 5.76. The smallest absolute Gasteiger partial charge is 0.122 e. The zero-order valence-electron chi connectivity index (χ0n) is 10.6. The van der Waals surface area contributed by atoms with Crippen LogP contribution in [0.15, 0.2) is 24.3 Å². The van der Waals surface area contributed by atoms with Gasteiger partial charge in [0.1, 0.15) is 5.75 Å². The van der Waals surface area contributed by atoms with Gasteiger partial charge < -0.3 is 9.64 Å². The topological polar surface area (TPSA) is 12.5 Å². The number of hydrogen-bond donors (Lipinski definition) is 0. The fourth-order valence-electron chi connectivity index (χ4n) is 3.16. The molecule has 0 bridgehead atoms. The summed E-state index contributed by atoms with van der Waals surface area (Å²) in [5.74, 6) is 2.56. The third kappa shape index (κ3) is 2.57. The molecule has 98 valence electrons. The summed E-state index contributed by atoms with van der Waals surface area (Å²) in [6.45, 7) is 4.55. The van der Waals surface area contributed by atoms with Crippen LogP contribution in [0.2, 0.25) is 0 Å². The summed E-state index contributed by atoms with van der Waals surface area (Å²) in [7, 11) is 0. The minimum Gasteiger partial charge on any atom is -0.493 e. The highest BCUT2D eigenvalue weighted by Gasteiger charge is 2.29. The predicted octanol–water partition coefficient (Wildman–Crippen LogP) is 3.27. The number of fused-ring (bicyclic) bond motifs is 1. The molecule has 2 nitrogen and oxygen atoms in total. The van der Waals surface area contributed by atoms with E-state index in [-0.39, 0.29) is 0 Å². The van der Waals surface area contributed by atoms with Crippen LogP contribution < -0.4 is 4.74 Å². The lowest BCUT2D eigenvalue weighted by molar-refractivity contribution is 0.261. The van der Waals surface area contributed by atoms with E-state index in [1.54, 1.807) is 0 Å². The van der Waals surface area contributed by atoms with E-state index in [0.717, 1.165) is 30.1 Å². The molecule has 2 heterocycles. The average molecular weight is 310 g/mol. The van der Waals surface area contributed by atoms with Gasteiger partial charge in [0.2, 0.25) is 0 Å². The van der Waals surface area contributed by atoms with Crippen molar-refractivity contribution in [2.24, 2.45) is 5.92 Å². The molecule has 2 unspecified atom stereocenters. The monoisotopic (exact) mass is 309 g/mol. The van der Waals surface area contributed by atoms with E-state index in [1.807, 2.05) is 0 Å². The van der Waals surface area contributed by atoms with Crippen molar-refractivity contribution in [3.8, 4) is 5.75 Å². The molecule has 1 aromatic carbocycles. The average Bonchev–Trinajstić information content (AvgIpc) is 2.99. The summed E-state index contributed by atoms with van der Waals surface area (Å²) in [6, 6.07) is 8.49. The first kappa shape index (κ1) is 12.5. The predicted molar refractivity (Wildman–Crippen MR) is 77.6 cm³/mol. The normalized spacial score (nSPS) is 27.2. The van der Waals surface area contributed by atoms with Crippen LogP contribution >= 0.6 is 15.9 Å². The summed E-state index contributed by atoms with van der Waals surface area (Å²) in [5.41, 5.74) is 1.40. The van der Waals surface area contributed by atoms with Crippen LogP contribution in [0.3, 0.4) is 0 Å². The van der Waals surface area contributed by atoms with E-state index in [1.165, 1.54) is 31.5 Å². The first-order chi connectivity index (χ1) is 8.86. The van der Waals surface area contributed by atoms with Gasteiger partial charge in [-0.1, -0.05) is 34.1 Å². The molecule has 18 heavy (non-hydrogen) atoms. The fourth-order valence-corrected chi connectivity index (χ4v) is 3.81. The summed E-state index contributed by atoms with van der Waals surface area (Å²) in [4.78, 5) is 2.61. The van der Waals surface area contributed by atoms with Crippen LogP contribution in [0.5, 0.6) is 5.75 Å². The second-order valence-corrected chi connectivity index (χ2v) is 6.23. The van der Waals surface area contributed by atoms with E-state index in [0.29, 0.717) is 5.92 Å². The Morgan fingerprint density at radius 2 is 2.22 bits per heavy atom. The first-order valence-electron chi connectivity index (χ1n) is 6.87. The summed E-state index contributed by atoms with van der Waals surface area (Å²) >= 11 is 3.55. The highest BCUT2D eigenvalue weighted by atomic mass is 79.9. The van der Waals surface area contributed by atoms with Gasteiger partial charge in [-0.3, -0.25) is 0 Å². The van der Waals surface area contributed by atoms with Gasteiger partial charge in [0.15, 0.2) is 0 Å². The van der Waals surface area contributed by atoms with Crippen molar-refractivity contribution < 1.29 is 4.74 Å². The molecule has 2 aliphatic heterocycles. The van der Waals surface area contributed by atoms with Crippen molar-refractivity contribution in [1.29, 1.82) is 0 Å². The molecule has 0 radical (unpaired) electrons. The lowest BCUT2D eigenvalue weighted by atomic mass is 10.0. The maximum absolute atomic E-state index is 5.76. The van der Waals surface area contributed by atoms with Gasteiger partial charge >= 0.3 is 0 Å². The van der Waals surface area contributed by atoms with Gasteiger partial charge in [-0.15, -0.1) is 0 Å². The minimum atomic E-state index is 0.573. The number of likely N-dealkylation sites (tertiary alicyclic amines) is 1. The van der Waals surface area contributed by atoms with Crippen molar-refractivity contribution in [1.82, 2.24) is 4.90 Å². The molecule has 1 aromatic rings. The van der Waals surface area contributed by atoms with Crippen molar-refractivity contribution in [3.63, 3.8) is 0 Å². The standard InChI is InChI=1S/C15H20BrNO/c16-7-5-12-6-8-17(9-12)10-13-11-18-15-4-2-1-3-14(13)15/h1-4,12-13H,5-11H2. The lowest BCUT2D eigenvalue weighted by Gasteiger charge is -2.19. The highest BCUT2D eigenvalue weighted by molar-refractivity contribution is 9.09. The number of halogens is 1. The van der Waals surface area contributed by atoms with Crippen molar-refractivity contribution in [3.05, 3.63) is 29.8 Å². The molecule has 0 N–H and O–H groups in total. The van der Waals surface area contributed by atoms with Crippen LogP contribution in [-0.2, 0) is 0 Å². The number of hydrogen-bond acceptors (Lipinski definition) is 2. The number of benzene rings is 1. The van der Waals surface area contributed by atoms with Gasteiger partial charge in [-0.05, 0) is 31.4 Å². The maximum Gasteiger partial charge on any atom is 0.122 e. The van der Waals surface area contributed by atoms with Crippen LogP contribution in [0.25, 0.3) is 0 Å². The Labute approximate surface area is 117 Å². The molecular weight excluding hydrogens is 290 g/mol. The number of nitrogens with zero attached hydrogens (tertiary/aromatic N) is 1. The van der Waals surface area contributed by atoms with E-state index in [2.05, 4.69) is 45.1 Å². The molecule has 0 amide bonds. The molecule has 3 heteroatoms. The Kier molecular flexibility index (Phi) is 3.90. The molecule has 0 aliphatic carbocycles. The quantitative estimate of drug-likeness (QED) is 0.792. The van der Waals surface area contributed by atoms with Gasteiger partial charge in [0.25, 0.3) is 0 Å². The van der Waals surface area contributed by atoms with E-state index in [9.17, 15) is 0 Å². The second kappa shape index (κ2) is 5.62. The first-order valence-corrected chi connectivity index (χ1v) is 7.99. The van der Waals surface area contributed by atoms with Crippen LogP contribution in [0, 0.1) is 5.92 Å². The van der Waals surface area contributed by atoms with E-state index in [4.69, 9.17) is 4.74 Å². The molecule has 0 saturated carbocycles. The molecule has 0 aromatic heterocycles. The second-order valence-electron chi connectivity index (χ2n) is 5.44. The molecule has 1 fully saturated rings. The molecule has 0 spiro atoms. The third-order valence-corrected chi connectivity index (χ3v) is 4.62. The van der Waals surface area contributed by atoms with Crippen LogP contribution in [-0.4, -0.2) is 36.5 Å². The van der Waals surface area contributed by atoms with Gasteiger partial charge in [-0.25, -0.2) is 0 Å². The number of rotatable bonds is 4. The molecule has 3 rings (SSSR count). The SMILES string of the molecule is BrCCC1CCN(CC2COc3ccccc32)C1. The van der Waals surface area contributed by atoms with Crippen LogP contribution in [0.1, 0.15) is 24.3 Å². The number of ether oxygens (including phenoxy) is 1. The van der Waals surface area contributed by atoms with E-state index >= 15 is 0 Å². The Bertz CT molecular complexity index is 409. The summed E-state index contributed by atoms with van der Waals surface area (Å²) < 4.78 is 5.76. The Hall–Kier alpha value is -0.540. The van der Waals surface area contributed by atoms with Crippen molar-refractivity contribution >= 4 is 15.9 Å². The summed E-state index contributed by atoms with van der Waals surface area (Å²) in [5, 5.41) is 1.14. The van der Waals surface area contributed by atoms with Crippen LogP contribution in [0.4, 0.5) is 0 Å². The zero-order valence-corrected chi connectivity index (χ0v) is 12.2. The zero-order chi connectivity index (χ0) is 12.4. The lowest BCUT2D eigenvalue weighted by Crippen LogP contribution is -2.27. The summed E-state index contributed by atoms with van der Waals surface area (Å²) in [6.07, 6.45) is 2.68. The van der Waals surface area contributed by atoms with Crippen molar-refractivity contribution in [2.45, 2.75) is 18.8 Å². The minimum absolute atomic E-state index is 0.573. The molecule has 1 saturated heterocycles. The Balaban J connectivity index is 1.59. The molecule has 2 atom stereocenters. The number of para-hydroxylation sites is 1. The van der Waals surface area contributed by atoms with Gasteiger partial charge in [0, 0.05) is 29.9 Å². The van der Waals surface area contributed by atoms with E-state index < -0.39 is 0 Å². The molecule has 2 aliphatic rings. The fraction of sp³-hybridized carbons (Fsp3) is 0.600.